The number of aromatic nitrogens is 2. The lowest BCUT2D eigenvalue weighted by molar-refractivity contribution is 0.310. The molecule has 0 unspecified atom stereocenters. The molecule has 4 rings (SSSR count). The molecule has 2 aromatic carbocycles. The third-order valence-corrected chi connectivity index (χ3v) is 3.94. The summed E-state index contributed by atoms with van der Waals surface area (Å²) in [6.45, 7) is 0.424. The number of rotatable bonds is 5. The number of halogens is 1. The zero-order valence-electron chi connectivity index (χ0n) is 13.1. The highest BCUT2D eigenvalue weighted by molar-refractivity contribution is 6.30. The van der Waals surface area contributed by atoms with E-state index in [4.69, 9.17) is 20.9 Å². The molecule has 2 aromatic heterocycles. The average molecular weight is 352 g/mol. The average Bonchev–Trinajstić information content (AvgIpc) is 3.06. The van der Waals surface area contributed by atoms with Crippen molar-refractivity contribution in [1.29, 1.82) is 0 Å². The van der Waals surface area contributed by atoms with Crippen molar-refractivity contribution < 1.29 is 9.26 Å². The third kappa shape index (κ3) is 3.41. The summed E-state index contributed by atoms with van der Waals surface area (Å²) in [4.78, 5) is 4.09. The van der Waals surface area contributed by atoms with Crippen LogP contribution in [-0.4, -0.2) is 10.1 Å². The smallest absolute Gasteiger partial charge is 0.185 e. The van der Waals surface area contributed by atoms with Gasteiger partial charge in [0, 0.05) is 11.2 Å². The Kier molecular flexibility index (Phi) is 4.23. The molecule has 1 N–H and O–H groups in total. The maximum Gasteiger partial charge on any atom is 0.185 e. The van der Waals surface area contributed by atoms with E-state index in [9.17, 15) is 0 Å². The summed E-state index contributed by atoms with van der Waals surface area (Å²) in [7, 11) is 0. The largest absolute Gasteiger partial charge is 0.488 e. The molecule has 2 heterocycles. The molecule has 0 radical (unpaired) electrons. The molecule has 0 spiro atoms. The van der Waals surface area contributed by atoms with E-state index in [1.165, 1.54) is 0 Å². The zero-order chi connectivity index (χ0) is 17.1. The van der Waals surface area contributed by atoms with Crippen LogP contribution in [0, 0.1) is 0 Å². The van der Waals surface area contributed by atoms with Gasteiger partial charge in [0.25, 0.3) is 0 Å². The Hall–Kier alpha value is -3.05. The van der Waals surface area contributed by atoms with Gasteiger partial charge in [-0.15, -0.1) is 0 Å². The van der Waals surface area contributed by atoms with Crippen LogP contribution < -0.4 is 10.1 Å². The predicted octanol–water partition coefficient (Wildman–Crippen LogP) is 5.20. The van der Waals surface area contributed by atoms with Gasteiger partial charge in [0.1, 0.15) is 17.7 Å². The standard InChI is InChI=1S/C19H14ClN3O2/c20-14-8-6-13(7-9-14)12-24-16-4-1-5-17-18(16)19(23-25-17)22-15-3-2-10-21-11-15/h1-11H,12H2,(H,22,23). The van der Waals surface area contributed by atoms with Gasteiger partial charge in [0.15, 0.2) is 11.4 Å². The van der Waals surface area contributed by atoms with Crippen LogP contribution >= 0.6 is 11.6 Å². The second-order valence-electron chi connectivity index (χ2n) is 5.44. The summed E-state index contributed by atoms with van der Waals surface area (Å²) in [5.41, 5.74) is 2.50. The lowest BCUT2D eigenvalue weighted by Gasteiger charge is -2.08. The van der Waals surface area contributed by atoms with E-state index in [0.717, 1.165) is 16.6 Å². The van der Waals surface area contributed by atoms with E-state index in [1.807, 2.05) is 54.6 Å². The second-order valence-corrected chi connectivity index (χ2v) is 5.88. The quantitative estimate of drug-likeness (QED) is 0.535. The highest BCUT2D eigenvalue weighted by Crippen LogP contribution is 2.34. The van der Waals surface area contributed by atoms with Crippen molar-refractivity contribution in [1.82, 2.24) is 10.1 Å². The molecular formula is C19H14ClN3O2. The summed E-state index contributed by atoms with van der Waals surface area (Å²) in [6.07, 6.45) is 3.43. The minimum Gasteiger partial charge on any atom is -0.488 e. The van der Waals surface area contributed by atoms with Crippen molar-refractivity contribution in [3.05, 3.63) is 77.6 Å². The van der Waals surface area contributed by atoms with Crippen molar-refractivity contribution in [3.8, 4) is 5.75 Å². The number of anilines is 2. The Labute approximate surface area is 149 Å². The Morgan fingerprint density at radius 2 is 1.92 bits per heavy atom. The third-order valence-electron chi connectivity index (χ3n) is 3.69. The SMILES string of the molecule is Clc1ccc(COc2cccc3onc(Nc4cccnc4)c23)cc1. The van der Waals surface area contributed by atoms with Gasteiger partial charge in [-0.1, -0.05) is 35.0 Å². The lowest BCUT2D eigenvalue weighted by atomic mass is 10.2. The first-order valence-corrected chi connectivity index (χ1v) is 8.10. The molecule has 5 nitrogen and oxygen atoms in total. The number of ether oxygens (including phenoxy) is 1. The van der Waals surface area contributed by atoms with E-state index in [2.05, 4.69) is 15.5 Å². The first kappa shape index (κ1) is 15.5. The number of nitrogens with zero attached hydrogens (tertiary/aromatic N) is 2. The Morgan fingerprint density at radius 1 is 1.04 bits per heavy atom. The Balaban J connectivity index is 1.62. The van der Waals surface area contributed by atoms with Gasteiger partial charge in [-0.3, -0.25) is 4.98 Å². The van der Waals surface area contributed by atoms with E-state index in [1.54, 1.807) is 12.4 Å². The Morgan fingerprint density at radius 3 is 2.72 bits per heavy atom. The van der Waals surface area contributed by atoms with Crippen LogP contribution in [0.5, 0.6) is 5.75 Å². The van der Waals surface area contributed by atoms with Gasteiger partial charge in [-0.25, -0.2) is 0 Å². The fourth-order valence-corrected chi connectivity index (χ4v) is 2.61. The Bertz CT molecular complexity index is 985. The van der Waals surface area contributed by atoms with Gasteiger partial charge in [-0.05, 0) is 42.0 Å². The molecule has 0 fully saturated rings. The number of hydrogen-bond acceptors (Lipinski definition) is 5. The molecule has 0 saturated carbocycles. The monoisotopic (exact) mass is 351 g/mol. The maximum absolute atomic E-state index is 5.98. The zero-order valence-corrected chi connectivity index (χ0v) is 13.9. The molecule has 0 saturated heterocycles. The molecule has 0 atom stereocenters. The molecule has 0 bridgehead atoms. The number of hydrogen-bond donors (Lipinski definition) is 1. The van der Waals surface area contributed by atoms with Crippen LogP contribution in [0.4, 0.5) is 11.5 Å². The number of benzene rings is 2. The van der Waals surface area contributed by atoms with Crippen LogP contribution in [0.15, 0.2) is 71.5 Å². The number of pyridine rings is 1. The van der Waals surface area contributed by atoms with E-state index >= 15 is 0 Å². The highest BCUT2D eigenvalue weighted by atomic mass is 35.5. The van der Waals surface area contributed by atoms with Crippen molar-refractivity contribution in [2.24, 2.45) is 0 Å². The normalized spacial score (nSPS) is 10.8. The second kappa shape index (κ2) is 6.83. The summed E-state index contributed by atoms with van der Waals surface area (Å²) in [6, 6.07) is 16.9. The van der Waals surface area contributed by atoms with Crippen LogP contribution in [0.2, 0.25) is 5.02 Å². The molecule has 0 aliphatic carbocycles. The van der Waals surface area contributed by atoms with Crippen molar-refractivity contribution in [3.63, 3.8) is 0 Å². The lowest BCUT2D eigenvalue weighted by Crippen LogP contribution is -1.97. The summed E-state index contributed by atoms with van der Waals surface area (Å²) < 4.78 is 11.4. The summed E-state index contributed by atoms with van der Waals surface area (Å²) >= 11 is 5.92. The number of fused-ring (bicyclic) bond motifs is 1. The molecule has 0 aliphatic heterocycles. The fourth-order valence-electron chi connectivity index (χ4n) is 2.48. The molecule has 25 heavy (non-hydrogen) atoms. The van der Waals surface area contributed by atoms with E-state index in [-0.39, 0.29) is 0 Å². The highest BCUT2D eigenvalue weighted by Gasteiger charge is 2.14. The molecule has 4 aromatic rings. The summed E-state index contributed by atoms with van der Waals surface area (Å²) in [5, 5.41) is 8.81. The van der Waals surface area contributed by atoms with E-state index in [0.29, 0.717) is 28.8 Å². The molecule has 124 valence electrons. The fraction of sp³-hybridized carbons (Fsp3) is 0.0526. The summed E-state index contributed by atoms with van der Waals surface area (Å²) in [5.74, 6) is 1.29. The predicted molar refractivity (Wildman–Crippen MR) is 97.3 cm³/mol. The van der Waals surface area contributed by atoms with Crippen LogP contribution in [0.25, 0.3) is 11.0 Å². The maximum atomic E-state index is 5.98. The van der Waals surface area contributed by atoms with Gasteiger partial charge >= 0.3 is 0 Å². The van der Waals surface area contributed by atoms with Crippen LogP contribution in [-0.2, 0) is 6.61 Å². The number of nitrogens with one attached hydrogen (secondary N) is 1. The molecule has 0 amide bonds. The molecule has 0 aliphatic rings. The van der Waals surface area contributed by atoms with Crippen molar-refractivity contribution in [2.45, 2.75) is 6.61 Å². The topological polar surface area (TPSA) is 60.2 Å². The van der Waals surface area contributed by atoms with Crippen LogP contribution in [0.3, 0.4) is 0 Å². The van der Waals surface area contributed by atoms with Crippen molar-refractivity contribution in [2.75, 3.05) is 5.32 Å². The van der Waals surface area contributed by atoms with Gasteiger partial charge in [0.2, 0.25) is 0 Å². The van der Waals surface area contributed by atoms with Gasteiger partial charge < -0.3 is 14.6 Å². The first-order chi connectivity index (χ1) is 12.3. The molecular weight excluding hydrogens is 338 g/mol. The van der Waals surface area contributed by atoms with E-state index < -0.39 is 0 Å². The minimum absolute atomic E-state index is 0.424. The van der Waals surface area contributed by atoms with Gasteiger partial charge in [-0.2, -0.15) is 0 Å². The first-order valence-electron chi connectivity index (χ1n) is 7.72. The minimum atomic E-state index is 0.424. The van der Waals surface area contributed by atoms with Crippen molar-refractivity contribution >= 4 is 34.1 Å². The van der Waals surface area contributed by atoms with Crippen LogP contribution in [0.1, 0.15) is 5.56 Å². The molecule has 6 heteroatoms. The van der Waals surface area contributed by atoms with Gasteiger partial charge in [0.05, 0.1) is 11.9 Å².